The van der Waals surface area contributed by atoms with E-state index in [1.165, 1.54) is 12.8 Å². The predicted molar refractivity (Wildman–Crippen MR) is 58.4 cm³/mol. The van der Waals surface area contributed by atoms with Crippen molar-refractivity contribution in [1.29, 1.82) is 0 Å². The SMILES string of the molecule is Cn1cc(C(N)C(=O)OCCC2CC2)cn1. The highest BCUT2D eigenvalue weighted by molar-refractivity contribution is 5.77. The first-order chi connectivity index (χ1) is 7.66. The zero-order chi connectivity index (χ0) is 11.5. The van der Waals surface area contributed by atoms with Crippen LogP contribution in [0.25, 0.3) is 0 Å². The molecule has 0 saturated heterocycles. The van der Waals surface area contributed by atoms with Crippen LogP contribution in [0.3, 0.4) is 0 Å². The molecule has 16 heavy (non-hydrogen) atoms. The number of aryl methyl sites for hydroxylation is 1. The van der Waals surface area contributed by atoms with Crippen LogP contribution in [0, 0.1) is 5.92 Å². The first-order valence-electron chi connectivity index (χ1n) is 5.57. The minimum atomic E-state index is -0.715. The number of hydrogen-bond acceptors (Lipinski definition) is 4. The highest BCUT2D eigenvalue weighted by Gasteiger charge is 2.23. The number of carbonyl (C=O) groups is 1. The van der Waals surface area contributed by atoms with Gasteiger partial charge >= 0.3 is 5.97 Å². The minimum absolute atomic E-state index is 0.367. The molecule has 0 amide bonds. The molecule has 2 rings (SSSR count). The van der Waals surface area contributed by atoms with Gasteiger partial charge in [0, 0.05) is 18.8 Å². The molecular formula is C11H17N3O2. The lowest BCUT2D eigenvalue weighted by Crippen LogP contribution is -2.23. The van der Waals surface area contributed by atoms with Gasteiger partial charge in [-0.1, -0.05) is 12.8 Å². The summed E-state index contributed by atoms with van der Waals surface area (Å²) < 4.78 is 6.74. The zero-order valence-corrected chi connectivity index (χ0v) is 9.43. The van der Waals surface area contributed by atoms with Crippen LogP contribution in [-0.2, 0) is 16.6 Å². The Morgan fingerprint density at radius 3 is 3.06 bits per heavy atom. The van der Waals surface area contributed by atoms with Crippen molar-refractivity contribution in [2.45, 2.75) is 25.3 Å². The molecule has 0 radical (unpaired) electrons. The maximum atomic E-state index is 11.6. The van der Waals surface area contributed by atoms with Crippen LogP contribution in [-0.4, -0.2) is 22.4 Å². The van der Waals surface area contributed by atoms with Crippen molar-refractivity contribution in [1.82, 2.24) is 9.78 Å². The topological polar surface area (TPSA) is 70.1 Å². The molecule has 0 spiro atoms. The average molecular weight is 223 g/mol. The molecule has 2 N–H and O–H groups in total. The van der Waals surface area contributed by atoms with Crippen LogP contribution in [0.1, 0.15) is 30.9 Å². The lowest BCUT2D eigenvalue weighted by Gasteiger charge is -2.09. The number of nitrogens with zero attached hydrogens (tertiary/aromatic N) is 2. The number of aromatic nitrogens is 2. The largest absolute Gasteiger partial charge is 0.464 e. The van der Waals surface area contributed by atoms with E-state index >= 15 is 0 Å². The second kappa shape index (κ2) is 4.65. The third kappa shape index (κ3) is 2.82. The molecule has 1 fully saturated rings. The van der Waals surface area contributed by atoms with Crippen molar-refractivity contribution in [3.05, 3.63) is 18.0 Å². The molecule has 0 bridgehead atoms. The summed E-state index contributed by atoms with van der Waals surface area (Å²) in [6.07, 6.45) is 6.82. The summed E-state index contributed by atoms with van der Waals surface area (Å²) in [4.78, 5) is 11.6. The summed E-state index contributed by atoms with van der Waals surface area (Å²) in [5, 5.41) is 3.97. The number of carbonyl (C=O) groups excluding carboxylic acids is 1. The van der Waals surface area contributed by atoms with Crippen LogP contribution in [0.4, 0.5) is 0 Å². The van der Waals surface area contributed by atoms with E-state index in [2.05, 4.69) is 5.10 Å². The zero-order valence-electron chi connectivity index (χ0n) is 9.43. The summed E-state index contributed by atoms with van der Waals surface area (Å²) in [6, 6.07) is -0.715. The smallest absolute Gasteiger partial charge is 0.327 e. The maximum Gasteiger partial charge on any atom is 0.327 e. The molecule has 88 valence electrons. The Morgan fingerprint density at radius 2 is 2.50 bits per heavy atom. The first-order valence-corrected chi connectivity index (χ1v) is 5.57. The summed E-state index contributed by atoms with van der Waals surface area (Å²) in [6.45, 7) is 0.484. The van der Waals surface area contributed by atoms with Gasteiger partial charge < -0.3 is 10.5 Å². The monoisotopic (exact) mass is 223 g/mol. The molecule has 1 aliphatic carbocycles. The highest BCUT2D eigenvalue weighted by atomic mass is 16.5. The van der Waals surface area contributed by atoms with E-state index < -0.39 is 6.04 Å². The Hall–Kier alpha value is -1.36. The van der Waals surface area contributed by atoms with Gasteiger partial charge in [-0.25, -0.2) is 4.79 Å². The number of nitrogens with two attached hydrogens (primary N) is 1. The van der Waals surface area contributed by atoms with E-state index in [4.69, 9.17) is 10.5 Å². The van der Waals surface area contributed by atoms with Gasteiger partial charge in [0.05, 0.1) is 12.8 Å². The fourth-order valence-electron chi connectivity index (χ4n) is 1.56. The van der Waals surface area contributed by atoms with Crippen molar-refractivity contribution in [3.8, 4) is 0 Å². The molecule has 5 nitrogen and oxygen atoms in total. The van der Waals surface area contributed by atoms with E-state index in [0.717, 1.165) is 12.3 Å². The van der Waals surface area contributed by atoms with E-state index in [1.54, 1.807) is 24.1 Å². The molecule has 1 aromatic heterocycles. The quantitative estimate of drug-likeness (QED) is 0.748. The fourth-order valence-corrected chi connectivity index (χ4v) is 1.56. The molecule has 1 aromatic rings. The molecule has 0 aliphatic heterocycles. The number of ether oxygens (including phenoxy) is 1. The standard InChI is InChI=1S/C11H17N3O2/c1-14-7-9(6-13-14)10(12)11(15)16-5-4-8-2-3-8/h6-8,10H,2-5,12H2,1H3. The minimum Gasteiger partial charge on any atom is -0.464 e. The fraction of sp³-hybridized carbons (Fsp3) is 0.636. The van der Waals surface area contributed by atoms with Crippen molar-refractivity contribution < 1.29 is 9.53 Å². The third-order valence-corrected chi connectivity index (χ3v) is 2.81. The second-order valence-corrected chi connectivity index (χ2v) is 4.32. The van der Waals surface area contributed by atoms with E-state index in [0.29, 0.717) is 12.2 Å². The van der Waals surface area contributed by atoms with Crippen molar-refractivity contribution in [2.24, 2.45) is 18.7 Å². The van der Waals surface area contributed by atoms with Gasteiger partial charge in [-0.2, -0.15) is 5.10 Å². The van der Waals surface area contributed by atoms with E-state index in [9.17, 15) is 4.79 Å². The Labute approximate surface area is 94.6 Å². The molecule has 0 aromatic carbocycles. The van der Waals surface area contributed by atoms with Crippen molar-refractivity contribution in [2.75, 3.05) is 6.61 Å². The molecule has 5 heteroatoms. The molecule has 1 aliphatic rings. The lowest BCUT2D eigenvalue weighted by molar-refractivity contribution is -0.145. The number of esters is 1. The number of rotatable bonds is 5. The van der Waals surface area contributed by atoms with Gasteiger partial charge in [-0.15, -0.1) is 0 Å². The van der Waals surface area contributed by atoms with Gasteiger partial charge in [0.1, 0.15) is 6.04 Å². The molecule has 1 atom stereocenters. The Morgan fingerprint density at radius 1 is 1.75 bits per heavy atom. The molecule has 1 unspecified atom stereocenters. The molecular weight excluding hydrogens is 206 g/mol. The van der Waals surface area contributed by atoms with E-state index in [-0.39, 0.29) is 5.97 Å². The van der Waals surface area contributed by atoms with Crippen LogP contribution < -0.4 is 5.73 Å². The van der Waals surface area contributed by atoms with Gasteiger partial charge in [0.15, 0.2) is 0 Å². The molecule has 1 heterocycles. The molecule has 1 saturated carbocycles. The summed E-state index contributed by atoms with van der Waals surface area (Å²) in [7, 11) is 1.79. The summed E-state index contributed by atoms with van der Waals surface area (Å²) >= 11 is 0. The lowest BCUT2D eigenvalue weighted by atomic mass is 10.2. The van der Waals surface area contributed by atoms with Crippen LogP contribution >= 0.6 is 0 Å². The third-order valence-electron chi connectivity index (χ3n) is 2.81. The summed E-state index contributed by atoms with van der Waals surface area (Å²) in [5.74, 6) is 0.399. The Balaban J connectivity index is 1.78. The van der Waals surface area contributed by atoms with Crippen LogP contribution in [0.5, 0.6) is 0 Å². The van der Waals surface area contributed by atoms with Crippen molar-refractivity contribution >= 4 is 5.97 Å². The highest BCUT2D eigenvalue weighted by Crippen LogP contribution is 2.32. The first kappa shape index (κ1) is 11.1. The Bertz CT molecular complexity index is 371. The second-order valence-electron chi connectivity index (χ2n) is 4.32. The average Bonchev–Trinajstić information content (AvgIpc) is 2.98. The summed E-state index contributed by atoms with van der Waals surface area (Å²) in [5.41, 5.74) is 6.45. The Kier molecular flexibility index (Phi) is 3.24. The van der Waals surface area contributed by atoms with Gasteiger partial charge in [0.25, 0.3) is 0 Å². The maximum absolute atomic E-state index is 11.6. The van der Waals surface area contributed by atoms with Gasteiger partial charge in [-0.3, -0.25) is 4.68 Å². The van der Waals surface area contributed by atoms with Gasteiger partial charge in [0.2, 0.25) is 0 Å². The van der Waals surface area contributed by atoms with Gasteiger partial charge in [-0.05, 0) is 12.3 Å². The van der Waals surface area contributed by atoms with Crippen LogP contribution in [0.15, 0.2) is 12.4 Å². The normalized spacial score (nSPS) is 17.1. The van der Waals surface area contributed by atoms with Crippen molar-refractivity contribution in [3.63, 3.8) is 0 Å². The predicted octanol–water partition coefficient (Wildman–Crippen LogP) is 0.763. The van der Waals surface area contributed by atoms with Crippen LogP contribution in [0.2, 0.25) is 0 Å². The van der Waals surface area contributed by atoms with E-state index in [1.807, 2.05) is 0 Å². The number of hydrogen-bond donors (Lipinski definition) is 1.